The quantitative estimate of drug-likeness (QED) is 0.477. The van der Waals surface area contributed by atoms with Gasteiger partial charge >= 0.3 is 0 Å². The van der Waals surface area contributed by atoms with E-state index in [1.807, 2.05) is 13.0 Å². The largest absolute Gasteiger partial charge is 0.478 e. The second kappa shape index (κ2) is 8.49. The predicted molar refractivity (Wildman–Crippen MR) is 104 cm³/mol. The predicted octanol–water partition coefficient (Wildman–Crippen LogP) is 3.20. The number of anilines is 1. The Hall–Kier alpha value is -3.46. The molecular weight excluding hydrogens is 386 g/mol. The van der Waals surface area contributed by atoms with E-state index in [0.717, 1.165) is 10.2 Å². The lowest BCUT2D eigenvalue weighted by molar-refractivity contribution is -0.384. The maximum absolute atomic E-state index is 12.5. The molecule has 0 fully saturated rings. The molecule has 2 heterocycles. The van der Waals surface area contributed by atoms with Gasteiger partial charge in [0.2, 0.25) is 5.88 Å². The molecule has 144 valence electrons. The van der Waals surface area contributed by atoms with Crippen LogP contribution < -0.4 is 15.6 Å². The minimum Gasteiger partial charge on any atom is -0.478 e. The first-order valence-electron chi connectivity index (χ1n) is 8.34. The minimum absolute atomic E-state index is 0.0348. The molecule has 28 heavy (non-hydrogen) atoms. The number of halogens is 1. The number of hydrogen-bond donors (Lipinski definition) is 1. The average molecular weight is 402 g/mol. The highest BCUT2D eigenvalue weighted by Crippen LogP contribution is 2.19. The number of nitro groups is 1. The van der Waals surface area contributed by atoms with Gasteiger partial charge in [-0.2, -0.15) is 9.78 Å². The number of non-ortho nitro benzene ring substituents is 1. The zero-order valence-electron chi connectivity index (χ0n) is 14.8. The van der Waals surface area contributed by atoms with Gasteiger partial charge in [0.1, 0.15) is 5.02 Å². The summed E-state index contributed by atoms with van der Waals surface area (Å²) < 4.78 is 6.44. The minimum atomic E-state index is -0.537. The smallest absolute Gasteiger partial charge is 0.292 e. The van der Waals surface area contributed by atoms with Crippen LogP contribution in [0.25, 0.3) is 5.69 Å². The third kappa shape index (κ3) is 4.26. The lowest BCUT2D eigenvalue weighted by atomic mass is 10.2. The summed E-state index contributed by atoms with van der Waals surface area (Å²) in [4.78, 5) is 26.8. The first kappa shape index (κ1) is 19.3. The fourth-order valence-electron chi connectivity index (χ4n) is 2.44. The molecular formula is C18H16ClN5O4. The van der Waals surface area contributed by atoms with Crippen LogP contribution in [0.15, 0.2) is 53.6 Å². The summed E-state index contributed by atoms with van der Waals surface area (Å²) in [7, 11) is 0. The Bertz CT molecular complexity index is 1050. The summed E-state index contributed by atoms with van der Waals surface area (Å²) in [6.07, 6.45) is 3.06. The van der Waals surface area contributed by atoms with E-state index in [1.54, 1.807) is 12.3 Å². The molecule has 9 nitrogen and oxygen atoms in total. The molecule has 0 unspecified atom stereocenters. The summed E-state index contributed by atoms with van der Waals surface area (Å²) in [5, 5.41) is 17.9. The van der Waals surface area contributed by atoms with Crippen LogP contribution in [0.5, 0.6) is 5.88 Å². The fourth-order valence-corrected chi connectivity index (χ4v) is 2.64. The van der Waals surface area contributed by atoms with E-state index in [2.05, 4.69) is 15.4 Å². The molecule has 0 aliphatic heterocycles. The maximum Gasteiger partial charge on any atom is 0.292 e. The molecule has 0 spiro atoms. The van der Waals surface area contributed by atoms with Gasteiger partial charge in [0.15, 0.2) is 0 Å². The normalized spacial score (nSPS) is 10.5. The molecule has 0 saturated heterocycles. The number of benzene rings is 1. The molecule has 3 rings (SSSR count). The van der Waals surface area contributed by atoms with E-state index in [4.69, 9.17) is 16.3 Å². The van der Waals surface area contributed by atoms with Gasteiger partial charge in [0.25, 0.3) is 11.2 Å². The van der Waals surface area contributed by atoms with E-state index in [1.165, 1.54) is 30.5 Å². The standard InChI is InChI=1S/C18H16ClN5O4/c1-2-28-16-9-12(7-8-20-16)10-21-15-11-22-23(18(25)17(15)19)13-3-5-14(6-4-13)24(26)27/h3-9,11,21H,2,10H2,1H3. The lowest BCUT2D eigenvalue weighted by Gasteiger charge is -2.11. The molecule has 3 aromatic rings. The zero-order chi connectivity index (χ0) is 20.1. The number of nitrogens with zero attached hydrogens (tertiary/aromatic N) is 4. The van der Waals surface area contributed by atoms with E-state index >= 15 is 0 Å². The number of hydrogen-bond acceptors (Lipinski definition) is 7. The van der Waals surface area contributed by atoms with Crippen molar-refractivity contribution in [3.05, 3.63) is 79.8 Å². The summed E-state index contributed by atoms with van der Waals surface area (Å²) in [6, 6.07) is 9.06. The molecule has 2 aromatic heterocycles. The van der Waals surface area contributed by atoms with Gasteiger partial charge in [-0.25, -0.2) is 4.98 Å². The van der Waals surface area contributed by atoms with Crippen LogP contribution in [0.4, 0.5) is 11.4 Å². The number of pyridine rings is 1. The number of rotatable bonds is 7. The topological polar surface area (TPSA) is 112 Å². The van der Waals surface area contributed by atoms with Crippen molar-refractivity contribution in [1.29, 1.82) is 0 Å². The Morgan fingerprint density at radius 3 is 2.71 bits per heavy atom. The summed E-state index contributed by atoms with van der Waals surface area (Å²) in [6.45, 7) is 2.78. The van der Waals surface area contributed by atoms with Gasteiger partial charge in [-0.15, -0.1) is 0 Å². The average Bonchev–Trinajstić information content (AvgIpc) is 2.70. The molecule has 1 aromatic carbocycles. The van der Waals surface area contributed by atoms with Crippen LogP contribution in [-0.4, -0.2) is 26.3 Å². The van der Waals surface area contributed by atoms with E-state index in [0.29, 0.717) is 30.4 Å². The van der Waals surface area contributed by atoms with Crippen molar-refractivity contribution >= 4 is 23.0 Å². The van der Waals surface area contributed by atoms with Crippen molar-refractivity contribution in [3.8, 4) is 11.6 Å². The van der Waals surface area contributed by atoms with Crippen LogP contribution >= 0.6 is 11.6 Å². The zero-order valence-corrected chi connectivity index (χ0v) is 15.6. The molecule has 0 saturated carbocycles. The highest BCUT2D eigenvalue weighted by atomic mass is 35.5. The number of ether oxygens (including phenoxy) is 1. The molecule has 0 radical (unpaired) electrons. The van der Waals surface area contributed by atoms with E-state index in [-0.39, 0.29) is 10.7 Å². The van der Waals surface area contributed by atoms with Crippen molar-refractivity contribution in [3.63, 3.8) is 0 Å². The molecule has 0 atom stereocenters. The molecule has 1 N–H and O–H groups in total. The Balaban J connectivity index is 1.79. The van der Waals surface area contributed by atoms with Crippen LogP contribution in [0, 0.1) is 10.1 Å². The second-order valence-electron chi connectivity index (χ2n) is 5.65. The molecule has 0 aliphatic rings. The SMILES string of the molecule is CCOc1cc(CNc2cnn(-c3ccc([N+](=O)[O-])cc3)c(=O)c2Cl)ccn1. The van der Waals surface area contributed by atoms with Gasteiger partial charge in [0, 0.05) is 30.9 Å². The Kier molecular flexibility index (Phi) is 5.85. The highest BCUT2D eigenvalue weighted by molar-refractivity contribution is 6.32. The summed E-state index contributed by atoms with van der Waals surface area (Å²) in [5.74, 6) is 0.514. The molecule has 0 aliphatic carbocycles. The Labute approximate surface area is 164 Å². The van der Waals surface area contributed by atoms with Gasteiger partial charge < -0.3 is 10.1 Å². The van der Waals surface area contributed by atoms with Gasteiger partial charge in [0.05, 0.1) is 29.1 Å². The summed E-state index contributed by atoms with van der Waals surface area (Å²) in [5.41, 5.74) is 1.03. The fraction of sp³-hybridized carbons (Fsp3) is 0.167. The summed E-state index contributed by atoms with van der Waals surface area (Å²) >= 11 is 6.20. The van der Waals surface area contributed by atoms with Crippen LogP contribution in [0.2, 0.25) is 5.02 Å². The van der Waals surface area contributed by atoms with Crippen molar-refractivity contribution in [2.45, 2.75) is 13.5 Å². The number of nitro benzene ring substituents is 1. The second-order valence-corrected chi connectivity index (χ2v) is 6.03. The Morgan fingerprint density at radius 1 is 1.29 bits per heavy atom. The van der Waals surface area contributed by atoms with E-state index < -0.39 is 10.5 Å². The third-order valence-electron chi connectivity index (χ3n) is 3.80. The number of nitrogens with one attached hydrogen (secondary N) is 1. The molecule has 0 amide bonds. The van der Waals surface area contributed by atoms with Gasteiger partial charge in [-0.05, 0) is 30.7 Å². The van der Waals surface area contributed by atoms with Crippen molar-refractivity contribution in [2.75, 3.05) is 11.9 Å². The first-order chi connectivity index (χ1) is 13.5. The first-order valence-corrected chi connectivity index (χ1v) is 8.71. The van der Waals surface area contributed by atoms with Gasteiger partial charge in [-0.1, -0.05) is 11.6 Å². The number of aromatic nitrogens is 3. The van der Waals surface area contributed by atoms with Crippen LogP contribution in [-0.2, 0) is 6.54 Å². The third-order valence-corrected chi connectivity index (χ3v) is 4.16. The Morgan fingerprint density at radius 2 is 2.04 bits per heavy atom. The van der Waals surface area contributed by atoms with E-state index in [9.17, 15) is 14.9 Å². The monoisotopic (exact) mass is 401 g/mol. The van der Waals surface area contributed by atoms with Crippen molar-refractivity contribution in [2.24, 2.45) is 0 Å². The van der Waals surface area contributed by atoms with Crippen molar-refractivity contribution in [1.82, 2.24) is 14.8 Å². The lowest BCUT2D eigenvalue weighted by Crippen LogP contribution is -2.22. The van der Waals surface area contributed by atoms with Crippen molar-refractivity contribution < 1.29 is 9.66 Å². The highest BCUT2D eigenvalue weighted by Gasteiger charge is 2.12. The van der Waals surface area contributed by atoms with Gasteiger partial charge in [-0.3, -0.25) is 14.9 Å². The molecule has 0 bridgehead atoms. The molecule has 10 heteroatoms. The maximum atomic E-state index is 12.5. The van der Waals surface area contributed by atoms with Crippen LogP contribution in [0.3, 0.4) is 0 Å². The van der Waals surface area contributed by atoms with Crippen LogP contribution in [0.1, 0.15) is 12.5 Å².